The van der Waals surface area contributed by atoms with E-state index >= 15 is 0 Å². The quantitative estimate of drug-likeness (QED) is 0.686. The summed E-state index contributed by atoms with van der Waals surface area (Å²) < 4.78 is 0. The summed E-state index contributed by atoms with van der Waals surface area (Å²) in [5, 5.41) is 22.6. The molecule has 0 amide bonds. The Morgan fingerprint density at radius 3 is 2.74 bits per heavy atom. The second-order valence-electron chi connectivity index (χ2n) is 8.64. The number of fused-ring (bicyclic) bond motifs is 3. The Hall–Kier alpha value is -1.50. The predicted molar refractivity (Wildman–Crippen MR) is 108 cm³/mol. The molecule has 3 atom stereocenters. The second kappa shape index (κ2) is 6.83. The van der Waals surface area contributed by atoms with Gasteiger partial charge in [-0.05, 0) is 50.3 Å². The number of carbonyl (C=O) groups excluding carboxylic acids is 1. The van der Waals surface area contributed by atoms with Crippen molar-refractivity contribution in [1.29, 1.82) is 0 Å². The summed E-state index contributed by atoms with van der Waals surface area (Å²) in [5.41, 5.74) is 6.82. The van der Waals surface area contributed by atoms with Crippen molar-refractivity contribution in [2.75, 3.05) is 13.6 Å². The molecule has 27 heavy (non-hydrogen) atoms. The number of carbonyl (C=O) groups is 1. The first-order chi connectivity index (χ1) is 12.8. The Morgan fingerprint density at radius 1 is 1.37 bits per heavy atom. The fourth-order valence-electron chi connectivity index (χ4n) is 5.32. The van der Waals surface area contributed by atoms with Crippen LogP contribution in [0.5, 0.6) is 5.75 Å². The molecule has 2 saturated carbocycles. The van der Waals surface area contributed by atoms with Gasteiger partial charge in [-0.2, -0.15) is 0 Å². The van der Waals surface area contributed by atoms with Crippen molar-refractivity contribution in [3.63, 3.8) is 0 Å². The van der Waals surface area contributed by atoms with Gasteiger partial charge in [0.2, 0.25) is 0 Å². The number of nitrogens with zero attached hydrogens (tertiary/aromatic N) is 1. The number of hydrogen-bond acceptors (Lipinski definition) is 5. The molecule has 6 heteroatoms. The molecular formula is C21H28N2O3S. The van der Waals surface area contributed by atoms with Crippen LogP contribution in [0.4, 0.5) is 0 Å². The molecule has 4 N–H and O–H groups in total. The normalized spacial score (nSPS) is 30.6. The number of rotatable bonds is 4. The number of ketones is 1. The number of aliphatic hydroxyl groups is 1. The standard InChI is InChI=1S/C21H28N2O3S/c1-23(11-12-3-2-4-12)17-9-13-5-6-15(20(22)27)19(25)18(13)16-10-14(24)7-8-21(16,17)26/h5-6,12,16-17,25-26H,2-4,7-11H2,1H3,(H2,22,27)/t16?,17-,21+/m1/s1. The molecule has 0 radical (unpaired) electrons. The summed E-state index contributed by atoms with van der Waals surface area (Å²) in [7, 11) is 2.09. The van der Waals surface area contributed by atoms with E-state index in [4.69, 9.17) is 18.0 Å². The Labute approximate surface area is 165 Å². The molecule has 0 aliphatic heterocycles. The number of benzene rings is 1. The van der Waals surface area contributed by atoms with Crippen LogP contribution < -0.4 is 5.73 Å². The van der Waals surface area contributed by atoms with Crippen molar-refractivity contribution < 1.29 is 15.0 Å². The molecule has 0 aromatic heterocycles. The van der Waals surface area contributed by atoms with Gasteiger partial charge in [0.25, 0.3) is 0 Å². The number of phenols is 1. The highest BCUT2D eigenvalue weighted by molar-refractivity contribution is 7.80. The second-order valence-corrected chi connectivity index (χ2v) is 9.08. The van der Waals surface area contributed by atoms with E-state index < -0.39 is 11.5 Å². The number of Topliss-reactive ketones (excluding diaryl/α,β-unsaturated/α-hetero) is 1. The van der Waals surface area contributed by atoms with Crippen molar-refractivity contribution in [1.82, 2.24) is 4.90 Å². The largest absolute Gasteiger partial charge is 0.507 e. The highest BCUT2D eigenvalue weighted by Gasteiger charge is 2.53. The number of nitrogens with two attached hydrogens (primary N) is 1. The van der Waals surface area contributed by atoms with Gasteiger partial charge in [-0.25, -0.2) is 0 Å². The SMILES string of the molecule is CN(CC1CCC1)[C@@H]1Cc2ccc(C(N)=S)c(O)c2C2CC(=O)CC[C@]21O. The smallest absolute Gasteiger partial charge is 0.133 e. The third-order valence-electron chi connectivity index (χ3n) is 7.05. The van der Waals surface area contributed by atoms with E-state index in [1.807, 2.05) is 6.07 Å². The lowest BCUT2D eigenvalue weighted by Gasteiger charge is -2.52. The lowest BCUT2D eigenvalue weighted by molar-refractivity contribution is -0.135. The van der Waals surface area contributed by atoms with Gasteiger partial charge < -0.3 is 15.9 Å². The molecule has 0 bridgehead atoms. The number of aromatic hydroxyl groups is 1. The van der Waals surface area contributed by atoms with Crippen LogP contribution in [0.3, 0.4) is 0 Å². The fourth-order valence-corrected chi connectivity index (χ4v) is 5.48. The minimum absolute atomic E-state index is 0.0400. The molecule has 1 aromatic rings. The Balaban J connectivity index is 1.76. The topological polar surface area (TPSA) is 86.8 Å². The van der Waals surface area contributed by atoms with E-state index in [0.717, 1.165) is 12.1 Å². The maximum absolute atomic E-state index is 12.3. The van der Waals surface area contributed by atoms with Crippen LogP contribution in [0.2, 0.25) is 0 Å². The summed E-state index contributed by atoms with van der Waals surface area (Å²) in [6.45, 7) is 0.972. The maximum Gasteiger partial charge on any atom is 0.133 e. The number of phenolic OH excluding ortho intramolecular Hbond substituents is 1. The van der Waals surface area contributed by atoms with Crippen LogP contribution in [0.1, 0.15) is 61.1 Å². The van der Waals surface area contributed by atoms with Gasteiger partial charge in [0.1, 0.15) is 16.5 Å². The van der Waals surface area contributed by atoms with Crippen LogP contribution in [0.15, 0.2) is 12.1 Å². The molecule has 146 valence electrons. The maximum atomic E-state index is 12.3. The van der Waals surface area contributed by atoms with Gasteiger partial charge in [0.15, 0.2) is 0 Å². The molecular weight excluding hydrogens is 360 g/mol. The molecule has 0 saturated heterocycles. The van der Waals surface area contributed by atoms with Crippen LogP contribution in [0.25, 0.3) is 0 Å². The predicted octanol–water partition coefficient (Wildman–Crippen LogP) is 2.25. The summed E-state index contributed by atoms with van der Waals surface area (Å²) in [6, 6.07) is 3.65. The van der Waals surface area contributed by atoms with E-state index in [9.17, 15) is 15.0 Å². The summed E-state index contributed by atoms with van der Waals surface area (Å²) in [6.07, 6.45) is 5.55. The van der Waals surface area contributed by atoms with Gasteiger partial charge in [-0.1, -0.05) is 24.7 Å². The zero-order valence-corrected chi connectivity index (χ0v) is 16.6. The average molecular weight is 389 g/mol. The molecule has 3 aliphatic carbocycles. The number of likely N-dealkylation sites (N-methyl/N-ethyl adjacent to an activating group) is 1. The molecule has 1 unspecified atom stereocenters. The monoisotopic (exact) mass is 388 g/mol. The van der Waals surface area contributed by atoms with E-state index in [2.05, 4.69) is 11.9 Å². The first kappa shape index (κ1) is 18.8. The van der Waals surface area contributed by atoms with Gasteiger partial charge in [-0.15, -0.1) is 0 Å². The van der Waals surface area contributed by atoms with Gasteiger partial charge in [0, 0.05) is 36.9 Å². The molecule has 1 aromatic carbocycles. The highest BCUT2D eigenvalue weighted by Crippen LogP contribution is 2.52. The molecule has 4 rings (SSSR count). The number of hydrogen-bond donors (Lipinski definition) is 3. The minimum atomic E-state index is -1.02. The molecule has 3 aliphatic rings. The Kier molecular flexibility index (Phi) is 4.77. The van der Waals surface area contributed by atoms with Crippen molar-refractivity contribution >= 4 is 23.0 Å². The van der Waals surface area contributed by atoms with E-state index in [0.29, 0.717) is 36.3 Å². The highest BCUT2D eigenvalue weighted by atomic mass is 32.1. The Bertz CT molecular complexity index is 792. The van der Waals surface area contributed by atoms with Gasteiger partial charge in [-0.3, -0.25) is 9.69 Å². The van der Waals surface area contributed by atoms with Crippen LogP contribution >= 0.6 is 12.2 Å². The molecule has 0 heterocycles. The lowest BCUT2D eigenvalue weighted by Crippen LogP contribution is -2.61. The molecule has 2 fully saturated rings. The van der Waals surface area contributed by atoms with Crippen LogP contribution in [-0.4, -0.2) is 51.1 Å². The third-order valence-corrected chi connectivity index (χ3v) is 7.27. The van der Waals surface area contributed by atoms with Crippen molar-refractivity contribution in [2.24, 2.45) is 11.7 Å². The van der Waals surface area contributed by atoms with Crippen molar-refractivity contribution in [3.05, 3.63) is 28.8 Å². The average Bonchev–Trinajstić information content (AvgIpc) is 2.58. The van der Waals surface area contributed by atoms with Crippen LogP contribution in [0, 0.1) is 5.92 Å². The van der Waals surface area contributed by atoms with Crippen molar-refractivity contribution in [3.8, 4) is 5.75 Å². The van der Waals surface area contributed by atoms with Gasteiger partial charge in [0.05, 0.1) is 11.2 Å². The van der Waals surface area contributed by atoms with E-state index in [1.54, 1.807) is 6.07 Å². The zero-order chi connectivity index (χ0) is 19.3. The fraction of sp³-hybridized carbons (Fsp3) is 0.619. The van der Waals surface area contributed by atoms with E-state index in [1.165, 1.54) is 19.3 Å². The molecule has 0 spiro atoms. The van der Waals surface area contributed by atoms with E-state index in [-0.39, 0.29) is 29.0 Å². The summed E-state index contributed by atoms with van der Waals surface area (Å²) >= 11 is 5.06. The molecule has 5 nitrogen and oxygen atoms in total. The zero-order valence-electron chi connectivity index (χ0n) is 15.8. The van der Waals surface area contributed by atoms with Crippen LogP contribution in [-0.2, 0) is 11.2 Å². The Morgan fingerprint density at radius 2 is 2.11 bits per heavy atom. The number of thiocarbonyl (C=S) groups is 1. The third kappa shape index (κ3) is 3.08. The first-order valence-electron chi connectivity index (χ1n) is 9.90. The van der Waals surface area contributed by atoms with Gasteiger partial charge >= 0.3 is 0 Å². The minimum Gasteiger partial charge on any atom is -0.507 e. The summed E-state index contributed by atoms with van der Waals surface area (Å²) in [5.74, 6) is 0.468. The lowest BCUT2D eigenvalue weighted by atomic mass is 9.61. The van der Waals surface area contributed by atoms with Crippen molar-refractivity contribution in [2.45, 2.75) is 62.5 Å². The summed E-state index contributed by atoms with van der Waals surface area (Å²) in [4.78, 5) is 14.7. The first-order valence-corrected chi connectivity index (χ1v) is 10.3.